The number of aliphatic hydroxyl groups is 2. The number of nitrogens with one attached hydrogen (secondary N) is 1. The summed E-state index contributed by atoms with van der Waals surface area (Å²) < 4.78 is 0. The summed E-state index contributed by atoms with van der Waals surface area (Å²) >= 11 is 0. The van der Waals surface area contributed by atoms with Gasteiger partial charge in [-0.25, -0.2) is 0 Å². The molecular formula is C55H109NO3. The summed E-state index contributed by atoms with van der Waals surface area (Å²) in [4.78, 5) is 12.5. The predicted molar refractivity (Wildman–Crippen MR) is 263 cm³/mol. The predicted octanol–water partition coefficient (Wildman–Crippen LogP) is 17.8. The number of hydrogen-bond acceptors (Lipinski definition) is 3. The van der Waals surface area contributed by atoms with Gasteiger partial charge in [-0.1, -0.05) is 283 Å². The highest BCUT2D eigenvalue weighted by Crippen LogP contribution is 2.18. The Hall–Kier alpha value is -0.870. The van der Waals surface area contributed by atoms with Gasteiger partial charge in [0.2, 0.25) is 5.91 Å². The van der Waals surface area contributed by atoms with Gasteiger partial charge in [0.25, 0.3) is 0 Å². The smallest absolute Gasteiger partial charge is 0.220 e. The molecule has 0 aromatic rings. The van der Waals surface area contributed by atoms with E-state index >= 15 is 0 Å². The van der Waals surface area contributed by atoms with E-state index in [0.29, 0.717) is 12.8 Å². The van der Waals surface area contributed by atoms with Crippen LogP contribution in [0.2, 0.25) is 0 Å². The second kappa shape index (κ2) is 51.5. The summed E-state index contributed by atoms with van der Waals surface area (Å²) in [6.45, 7) is 4.39. The largest absolute Gasteiger partial charge is 0.394 e. The lowest BCUT2D eigenvalue weighted by atomic mass is 10.0. The molecule has 0 rings (SSSR count). The molecule has 3 N–H and O–H groups in total. The maximum atomic E-state index is 12.5. The van der Waals surface area contributed by atoms with Crippen molar-refractivity contribution in [1.29, 1.82) is 0 Å². The molecule has 0 saturated carbocycles. The molecule has 0 aliphatic rings. The summed E-state index contributed by atoms with van der Waals surface area (Å²) in [7, 11) is 0. The Morgan fingerprint density at radius 1 is 0.390 bits per heavy atom. The Bertz CT molecular complexity index is 814. The van der Waals surface area contributed by atoms with Crippen LogP contribution in [0.25, 0.3) is 0 Å². The first-order chi connectivity index (χ1) is 29.2. The molecule has 0 aromatic carbocycles. The van der Waals surface area contributed by atoms with E-state index in [1.807, 2.05) is 0 Å². The van der Waals surface area contributed by atoms with E-state index in [1.54, 1.807) is 0 Å². The van der Waals surface area contributed by atoms with Crippen LogP contribution in [-0.4, -0.2) is 34.9 Å². The summed E-state index contributed by atoms with van der Waals surface area (Å²) in [6.07, 6.45) is 66.2. The highest BCUT2D eigenvalue weighted by Gasteiger charge is 2.20. The fraction of sp³-hybridized carbons (Fsp3) is 0.945. The minimum absolute atomic E-state index is 0.0282. The van der Waals surface area contributed by atoms with E-state index < -0.39 is 12.1 Å². The Balaban J connectivity index is 3.42. The molecule has 2 atom stereocenters. The zero-order chi connectivity index (χ0) is 42.8. The van der Waals surface area contributed by atoms with Crippen LogP contribution < -0.4 is 5.32 Å². The third-order valence-corrected chi connectivity index (χ3v) is 13.0. The van der Waals surface area contributed by atoms with E-state index in [-0.39, 0.29) is 12.5 Å². The maximum Gasteiger partial charge on any atom is 0.220 e. The first-order valence-electron chi connectivity index (χ1n) is 27.4. The fourth-order valence-electron chi connectivity index (χ4n) is 8.83. The number of carbonyl (C=O) groups is 1. The van der Waals surface area contributed by atoms with Crippen molar-refractivity contribution in [2.45, 2.75) is 328 Å². The van der Waals surface area contributed by atoms with Gasteiger partial charge in [-0.15, -0.1) is 0 Å². The van der Waals surface area contributed by atoms with Crippen LogP contribution in [0, 0.1) is 0 Å². The molecule has 0 spiro atoms. The van der Waals surface area contributed by atoms with E-state index in [2.05, 4.69) is 31.3 Å². The third kappa shape index (κ3) is 48.0. The molecule has 1 amide bonds. The summed E-state index contributed by atoms with van der Waals surface area (Å²) in [5.74, 6) is -0.0282. The van der Waals surface area contributed by atoms with Crippen molar-refractivity contribution in [2.75, 3.05) is 6.61 Å². The zero-order valence-electron chi connectivity index (χ0n) is 40.6. The lowest BCUT2D eigenvalue weighted by Gasteiger charge is -2.22. The topological polar surface area (TPSA) is 69.6 Å². The van der Waals surface area contributed by atoms with Crippen molar-refractivity contribution < 1.29 is 15.0 Å². The van der Waals surface area contributed by atoms with Crippen LogP contribution in [0.15, 0.2) is 12.2 Å². The molecule has 4 nitrogen and oxygen atoms in total. The number of rotatable bonds is 51. The molecular weight excluding hydrogens is 723 g/mol. The molecule has 59 heavy (non-hydrogen) atoms. The van der Waals surface area contributed by atoms with Crippen LogP contribution in [-0.2, 0) is 4.79 Å². The summed E-state index contributed by atoms with van der Waals surface area (Å²) in [5.41, 5.74) is 0. The Morgan fingerprint density at radius 3 is 0.932 bits per heavy atom. The maximum absolute atomic E-state index is 12.5. The van der Waals surface area contributed by atoms with Crippen molar-refractivity contribution in [3.8, 4) is 0 Å². The van der Waals surface area contributed by atoms with Crippen LogP contribution in [0.4, 0.5) is 0 Å². The number of carbonyl (C=O) groups excluding carboxylic acids is 1. The van der Waals surface area contributed by atoms with Crippen LogP contribution in [0.1, 0.15) is 316 Å². The molecule has 4 heteroatoms. The number of hydrogen-bond donors (Lipinski definition) is 3. The monoisotopic (exact) mass is 832 g/mol. The number of allylic oxidation sites excluding steroid dienone is 2. The van der Waals surface area contributed by atoms with E-state index in [1.165, 1.54) is 263 Å². The molecule has 0 aromatic heterocycles. The third-order valence-electron chi connectivity index (χ3n) is 13.0. The standard InChI is InChI=1S/C55H109NO3/c1-3-5-7-9-11-13-15-17-19-21-23-24-25-26-27-28-29-30-31-33-34-36-38-40-42-44-46-48-50-54(58)53(52-57)56-55(59)51-49-47-45-43-41-39-37-35-32-22-20-18-16-14-12-10-8-6-4-2/h18,20,53-54,57-58H,3-17,19,21-52H2,1-2H3,(H,56,59)/b20-18-. The van der Waals surface area contributed by atoms with Gasteiger partial charge in [-0.3, -0.25) is 4.79 Å². The second-order valence-corrected chi connectivity index (χ2v) is 19.0. The molecule has 0 aliphatic carbocycles. The van der Waals surface area contributed by atoms with E-state index in [4.69, 9.17) is 0 Å². The van der Waals surface area contributed by atoms with E-state index in [9.17, 15) is 15.0 Å². The molecule has 0 radical (unpaired) electrons. The minimum Gasteiger partial charge on any atom is -0.394 e. The van der Waals surface area contributed by atoms with Crippen molar-refractivity contribution in [1.82, 2.24) is 5.32 Å². The highest BCUT2D eigenvalue weighted by molar-refractivity contribution is 5.76. The summed E-state index contributed by atoms with van der Waals surface area (Å²) in [6, 6.07) is -0.535. The average molecular weight is 832 g/mol. The van der Waals surface area contributed by atoms with Gasteiger partial charge >= 0.3 is 0 Å². The zero-order valence-corrected chi connectivity index (χ0v) is 40.6. The molecule has 2 unspecified atom stereocenters. The average Bonchev–Trinajstić information content (AvgIpc) is 3.24. The SMILES string of the molecule is CCCCCCCC/C=C\CCCCCCCCCCCC(=O)NC(CO)C(O)CCCCCCCCCCCCCCCCCCCCCCCCCCCCCC. The highest BCUT2D eigenvalue weighted by atomic mass is 16.3. The molecule has 0 fully saturated rings. The quantitative estimate of drug-likeness (QED) is 0.0422. The Kier molecular flexibility index (Phi) is 50.7. The van der Waals surface area contributed by atoms with E-state index in [0.717, 1.165) is 25.7 Å². The molecule has 0 bridgehead atoms. The number of amides is 1. The van der Waals surface area contributed by atoms with Crippen LogP contribution in [0.5, 0.6) is 0 Å². The lowest BCUT2D eigenvalue weighted by molar-refractivity contribution is -0.123. The second-order valence-electron chi connectivity index (χ2n) is 19.0. The van der Waals surface area contributed by atoms with Crippen molar-refractivity contribution >= 4 is 5.91 Å². The van der Waals surface area contributed by atoms with Crippen molar-refractivity contribution in [3.05, 3.63) is 12.2 Å². The lowest BCUT2D eigenvalue weighted by Crippen LogP contribution is -2.45. The number of aliphatic hydroxyl groups excluding tert-OH is 2. The molecule has 0 aliphatic heterocycles. The number of unbranched alkanes of at least 4 members (excludes halogenated alkanes) is 42. The van der Waals surface area contributed by atoms with Crippen molar-refractivity contribution in [2.24, 2.45) is 0 Å². The van der Waals surface area contributed by atoms with Crippen LogP contribution in [0.3, 0.4) is 0 Å². The molecule has 352 valence electrons. The van der Waals surface area contributed by atoms with Gasteiger partial charge in [-0.2, -0.15) is 0 Å². The van der Waals surface area contributed by atoms with Gasteiger partial charge in [-0.05, 0) is 38.5 Å². The molecule has 0 heterocycles. The van der Waals surface area contributed by atoms with Gasteiger partial charge in [0, 0.05) is 6.42 Å². The fourth-order valence-corrected chi connectivity index (χ4v) is 8.83. The van der Waals surface area contributed by atoms with Crippen molar-refractivity contribution in [3.63, 3.8) is 0 Å². The Morgan fingerprint density at radius 2 is 0.644 bits per heavy atom. The normalized spacial score (nSPS) is 12.8. The Labute approximate surface area is 371 Å². The van der Waals surface area contributed by atoms with Gasteiger partial charge in [0.05, 0.1) is 18.8 Å². The summed E-state index contributed by atoms with van der Waals surface area (Å²) in [5, 5.41) is 23.3. The van der Waals surface area contributed by atoms with Gasteiger partial charge < -0.3 is 15.5 Å². The first kappa shape index (κ1) is 58.1. The van der Waals surface area contributed by atoms with Crippen LogP contribution >= 0.6 is 0 Å². The van der Waals surface area contributed by atoms with Gasteiger partial charge in [0.1, 0.15) is 0 Å². The molecule has 0 saturated heterocycles. The van der Waals surface area contributed by atoms with Gasteiger partial charge in [0.15, 0.2) is 0 Å². The minimum atomic E-state index is -0.658. The first-order valence-corrected chi connectivity index (χ1v) is 27.4.